The van der Waals surface area contributed by atoms with Gasteiger partial charge in [0.25, 0.3) is 0 Å². The van der Waals surface area contributed by atoms with Crippen LogP contribution in [-0.4, -0.2) is 29.2 Å². The molecule has 0 saturated carbocycles. The van der Waals surface area contributed by atoms with Gasteiger partial charge in [-0.15, -0.1) is 11.8 Å². The summed E-state index contributed by atoms with van der Waals surface area (Å²) >= 11 is 1.47. The summed E-state index contributed by atoms with van der Waals surface area (Å²) in [5.41, 5.74) is 2.34. The molecule has 0 spiro atoms. The highest BCUT2D eigenvalue weighted by Gasteiger charge is 2.08. The van der Waals surface area contributed by atoms with Crippen molar-refractivity contribution >= 4 is 34.5 Å². The lowest BCUT2D eigenvalue weighted by Gasteiger charge is -2.08. The van der Waals surface area contributed by atoms with Crippen molar-refractivity contribution in [3.8, 4) is 0 Å². The lowest BCUT2D eigenvalue weighted by molar-refractivity contribution is -0.118. The summed E-state index contributed by atoms with van der Waals surface area (Å²) in [6.45, 7) is 2.53. The van der Waals surface area contributed by atoms with E-state index in [0.29, 0.717) is 24.5 Å². The number of pyridine rings is 1. The number of nitrogens with zero attached hydrogens (tertiary/aromatic N) is 1. The van der Waals surface area contributed by atoms with Crippen LogP contribution in [0.1, 0.15) is 22.8 Å². The summed E-state index contributed by atoms with van der Waals surface area (Å²) in [4.78, 5) is 29.2. The first-order chi connectivity index (χ1) is 13.2. The van der Waals surface area contributed by atoms with E-state index in [1.807, 2.05) is 42.5 Å². The Morgan fingerprint density at radius 3 is 2.63 bits per heavy atom. The van der Waals surface area contributed by atoms with Crippen molar-refractivity contribution in [2.45, 2.75) is 18.4 Å². The lowest BCUT2D eigenvalue weighted by Crippen LogP contribution is -2.24. The normalized spacial score (nSPS) is 10.6. The largest absolute Gasteiger partial charge is 0.462 e. The number of carbonyl (C=O) groups excluding carboxylic acids is 2. The fourth-order valence-corrected chi connectivity index (χ4v) is 3.43. The Labute approximate surface area is 162 Å². The van der Waals surface area contributed by atoms with Gasteiger partial charge in [0.2, 0.25) is 5.91 Å². The molecule has 1 N–H and O–H groups in total. The van der Waals surface area contributed by atoms with E-state index < -0.39 is 0 Å². The third-order valence-electron chi connectivity index (χ3n) is 3.91. The number of benzene rings is 2. The van der Waals surface area contributed by atoms with Crippen LogP contribution in [0.3, 0.4) is 0 Å². The number of fused-ring (bicyclic) bond motifs is 1. The standard InChI is InChI=1S/C21H20N2O3S/c1-2-26-21(25)17-10-8-15(9-11-17)13-23-19(24)14-27-18-7-3-5-16-6-4-12-22-20(16)18/h3-12H,2,13-14H2,1H3,(H,23,24). The summed E-state index contributed by atoms with van der Waals surface area (Å²) in [5.74, 6) is -0.0769. The van der Waals surface area contributed by atoms with E-state index in [4.69, 9.17) is 4.74 Å². The number of para-hydroxylation sites is 1. The van der Waals surface area contributed by atoms with Crippen LogP contribution in [0.25, 0.3) is 10.9 Å². The van der Waals surface area contributed by atoms with Crippen LogP contribution in [0.15, 0.2) is 65.7 Å². The predicted octanol–water partition coefficient (Wildman–Crippen LogP) is 3.82. The number of hydrogen-bond acceptors (Lipinski definition) is 5. The lowest BCUT2D eigenvalue weighted by atomic mass is 10.1. The predicted molar refractivity (Wildman–Crippen MR) is 107 cm³/mol. The fraction of sp³-hybridized carbons (Fsp3) is 0.190. The zero-order valence-electron chi connectivity index (χ0n) is 15.0. The van der Waals surface area contributed by atoms with Gasteiger partial charge in [0.05, 0.1) is 23.4 Å². The fourth-order valence-electron chi connectivity index (χ4n) is 2.56. The third-order valence-corrected chi connectivity index (χ3v) is 4.96. The van der Waals surface area contributed by atoms with Crippen LogP contribution in [0.5, 0.6) is 0 Å². The minimum Gasteiger partial charge on any atom is -0.462 e. The van der Waals surface area contributed by atoms with E-state index in [1.54, 1.807) is 25.3 Å². The molecule has 2 aromatic carbocycles. The van der Waals surface area contributed by atoms with Crippen LogP contribution >= 0.6 is 11.8 Å². The summed E-state index contributed by atoms with van der Waals surface area (Å²) in [7, 11) is 0. The number of thioether (sulfide) groups is 1. The highest BCUT2D eigenvalue weighted by Crippen LogP contribution is 2.25. The van der Waals surface area contributed by atoms with Crippen LogP contribution in [-0.2, 0) is 16.1 Å². The van der Waals surface area contributed by atoms with Crippen LogP contribution in [0.4, 0.5) is 0 Å². The molecular formula is C21H20N2O3S. The molecule has 3 aromatic rings. The first-order valence-corrected chi connectivity index (χ1v) is 9.65. The van der Waals surface area contributed by atoms with Gasteiger partial charge in [0.1, 0.15) is 0 Å². The van der Waals surface area contributed by atoms with Gasteiger partial charge in [-0.1, -0.05) is 30.3 Å². The van der Waals surface area contributed by atoms with Crippen molar-refractivity contribution in [1.29, 1.82) is 0 Å². The zero-order chi connectivity index (χ0) is 19.1. The Kier molecular flexibility index (Phi) is 6.44. The topological polar surface area (TPSA) is 68.3 Å². The van der Waals surface area contributed by atoms with Gasteiger partial charge in [0, 0.05) is 23.0 Å². The molecule has 0 aliphatic heterocycles. The number of ether oxygens (including phenoxy) is 1. The second-order valence-corrected chi connectivity index (χ2v) is 6.83. The second kappa shape index (κ2) is 9.19. The summed E-state index contributed by atoms with van der Waals surface area (Å²) in [5, 5.41) is 3.95. The molecule has 1 amide bonds. The van der Waals surface area contributed by atoms with Crippen LogP contribution in [0, 0.1) is 0 Å². The van der Waals surface area contributed by atoms with Crippen LogP contribution < -0.4 is 5.32 Å². The quantitative estimate of drug-likeness (QED) is 0.498. The molecule has 5 nitrogen and oxygen atoms in total. The molecule has 1 heterocycles. The summed E-state index contributed by atoms with van der Waals surface area (Å²) < 4.78 is 4.95. The SMILES string of the molecule is CCOC(=O)c1ccc(CNC(=O)CSc2cccc3cccnc23)cc1. The number of rotatable bonds is 7. The summed E-state index contributed by atoms with van der Waals surface area (Å²) in [6, 6.07) is 16.9. The minimum absolute atomic E-state index is 0.0533. The Morgan fingerprint density at radius 2 is 1.85 bits per heavy atom. The smallest absolute Gasteiger partial charge is 0.338 e. The Hall–Kier alpha value is -2.86. The molecule has 0 radical (unpaired) electrons. The maximum absolute atomic E-state index is 12.2. The molecule has 0 aliphatic rings. The molecule has 0 saturated heterocycles. The summed E-state index contributed by atoms with van der Waals surface area (Å²) in [6.07, 6.45) is 1.76. The van der Waals surface area contributed by atoms with E-state index in [-0.39, 0.29) is 11.9 Å². The monoisotopic (exact) mass is 380 g/mol. The van der Waals surface area contributed by atoms with Gasteiger partial charge in [-0.2, -0.15) is 0 Å². The number of hydrogen-bond donors (Lipinski definition) is 1. The maximum Gasteiger partial charge on any atom is 0.338 e. The van der Waals surface area contributed by atoms with E-state index in [1.165, 1.54) is 11.8 Å². The van der Waals surface area contributed by atoms with Crippen molar-refractivity contribution in [1.82, 2.24) is 10.3 Å². The molecule has 3 rings (SSSR count). The van der Waals surface area contributed by atoms with Gasteiger partial charge in [-0.25, -0.2) is 4.79 Å². The number of amides is 1. The van der Waals surface area contributed by atoms with Crippen molar-refractivity contribution in [2.24, 2.45) is 0 Å². The number of nitrogens with one attached hydrogen (secondary N) is 1. The van der Waals surface area contributed by atoms with Crippen molar-refractivity contribution in [2.75, 3.05) is 12.4 Å². The molecule has 0 unspecified atom stereocenters. The first kappa shape index (κ1) is 18.9. The Balaban J connectivity index is 1.52. The third kappa shape index (κ3) is 5.08. The van der Waals surface area contributed by atoms with E-state index >= 15 is 0 Å². The average Bonchev–Trinajstić information content (AvgIpc) is 2.71. The molecule has 0 atom stereocenters. The minimum atomic E-state index is -0.340. The Bertz CT molecular complexity index is 936. The van der Waals surface area contributed by atoms with E-state index in [0.717, 1.165) is 21.4 Å². The highest BCUT2D eigenvalue weighted by molar-refractivity contribution is 8.00. The average molecular weight is 380 g/mol. The van der Waals surface area contributed by atoms with Crippen molar-refractivity contribution in [3.05, 3.63) is 71.9 Å². The van der Waals surface area contributed by atoms with Crippen molar-refractivity contribution in [3.63, 3.8) is 0 Å². The van der Waals surface area contributed by atoms with E-state index in [2.05, 4.69) is 10.3 Å². The number of aromatic nitrogens is 1. The molecule has 6 heteroatoms. The maximum atomic E-state index is 12.2. The van der Waals surface area contributed by atoms with Gasteiger partial charge in [0.15, 0.2) is 0 Å². The van der Waals surface area contributed by atoms with Crippen molar-refractivity contribution < 1.29 is 14.3 Å². The number of carbonyl (C=O) groups is 2. The number of esters is 1. The Morgan fingerprint density at radius 1 is 1.07 bits per heavy atom. The van der Waals surface area contributed by atoms with Gasteiger partial charge < -0.3 is 10.1 Å². The van der Waals surface area contributed by atoms with Crippen LogP contribution in [0.2, 0.25) is 0 Å². The van der Waals surface area contributed by atoms with E-state index in [9.17, 15) is 9.59 Å². The molecular weight excluding hydrogens is 360 g/mol. The first-order valence-electron chi connectivity index (χ1n) is 8.66. The molecule has 138 valence electrons. The molecule has 0 fully saturated rings. The second-order valence-electron chi connectivity index (χ2n) is 5.81. The molecule has 0 bridgehead atoms. The molecule has 27 heavy (non-hydrogen) atoms. The van der Waals surface area contributed by atoms with Gasteiger partial charge in [-0.3, -0.25) is 9.78 Å². The zero-order valence-corrected chi connectivity index (χ0v) is 15.8. The molecule has 0 aliphatic carbocycles. The highest BCUT2D eigenvalue weighted by atomic mass is 32.2. The van der Waals surface area contributed by atoms with Gasteiger partial charge in [-0.05, 0) is 36.8 Å². The van der Waals surface area contributed by atoms with Gasteiger partial charge >= 0.3 is 5.97 Å². The molecule has 1 aromatic heterocycles.